The fraction of sp³-hybridized carbons (Fsp3) is 0.833. The molecule has 1 saturated carbocycles. The minimum Gasteiger partial charge on any atom is -0.314 e. The predicted molar refractivity (Wildman–Crippen MR) is 93.1 cm³/mol. The fourth-order valence-electron chi connectivity index (χ4n) is 3.29. The molecule has 120 valence electrons. The fourth-order valence-corrected chi connectivity index (χ4v) is 3.94. The number of hydrogen-bond donors (Lipinski definition) is 1. The second-order valence-electron chi connectivity index (χ2n) is 6.52. The molecule has 0 unspecified atom stereocenters. The van der Waals surface area contributed by atoms with E-state index in [1.165, 1.54) is 81.3 Å². The first-order valence-corrected chi connectivity index (χ1v) is 9.87. The van der Waals surface area contributed by atoms with E-state index in [2.05, 4.69) is 22.6 Å². The van der Waals surface area contributed by atoms with Gasteiger partial charge in [0, 0.05) is 24.4 Å². The minimum absolute atomic E-state index is 0.740. The second kappa shape index (κ2) is 10.3. The molecule has 1 heterocycles. The Bertz CT molecular complexity index is 363. The lowest BCUT2D eigenvalue weighted by atomic mass is 9.98. The first-order valence-electron chi connectivity index (χ1n) is 8.99. The monoisotopic (exact) mass is 308 g/mol. The molecule has 2 rings (SSSR count). The van der Waals surface area contributed by atoms with Crippen molar-refractivity contribution in [1.82, 2.24) is 10.3 Å². The first kappa shape index (κ1) is 17.0. The molecule has 1 fully saturated rings. The molecule has 2 nitrogen and oxygen atoms in total. The van der Waals surface area contributed by atoms with Crippen LogP contribution in [0.2, 0.25) is 0 Å². The summed E-state index contributed by atoms with van der Waals surface area (Å²) in [5.41, 5.74) is 1.26. The summed E-state index contributed by atoms with van der Waals surface area (Å²) < 4.78 is 0. The lowest BCUT2D eigenvalue weighted by molar-refractivity contribution is 0.405. The van der Waals surface area contributed by atoms with Crippen LogP contribution in [0, 0.1) is 6.92 Å². The molecule has 3 heteroatoms. The van der Waals surface area contributed by atoms with Gasteiger partial charge in [-0.2, -0.15) is 0 Å². The summed E-state index contributed by atoms with van der Waals surface area (Å²) in [7, 11) is 0. The molecule has 1 aromatic rings. The summed E-state index contributed by atoms with van der Waals surface area (Å²) in [4.78, 5) is 4.56. The van der Waals surface area contributed by atoms with Crippen LogP contribution in [0.25, 0.3) is 0 Å². The molecule has 0 saturated heterocycles. The van der Waals surface area contributed by atoms with Gasteiger partial charge in [-0.1, -0.05) is 57.8 Å². The Labute approximate surface area is 134 Å². The van der Waals surface area contributed by atoms with Crippen molar-refractivity contribution in [3.8, 4) is 0 Å². The number of nitrogens with zero attached hydrogens (tertiary/aromatic N) is 1. The molecule has 1 aliphatic rings. The van der Waals surface area contributed by atoms with Crippen LogP contribution in [0.1, 0.15) is 81.3 Å². The summed E-state index contributed by atoms with van der Waals surface area (Å²) in [6.07, 6.45) is 16.8. The van der Waals surface area contributed by atoms with Crippen molar-refractivity contribution in [2.75, 3.05) is 6.54 Å². The third-order valence-electron chi connectivity index (χ3n) is 4.59. The molecular weight excluding hydrogens is 276 g/mol. The molecule has 1 aliphatic carbocycles. The lowest BCUT2D eigenvalue weighted by Crippen LogP contribution is -2.31. The Hall–Kier alpha value is -0.410. The molecule has 0 bridgehead atoms. The van der Waals surface area contributed by atoms with Gasteiger partial charge < -0.3 is 5.32 Å². The highest BCUT2D eigenvalue weighted by atomic mass is 32.1. The van der Waals surface area contributed by atoms with E-state index < -0.39 is 0 Å². The minimum atomic E-state index is 0.740. The third kappa shape index (κ3) is 7.42. The van der Waals surface area contributed by atoms with Crippen LogP contribution in [0.3, 0.4) is 0 Å². The Morgan fingerprint density at radius 3 is 2.10 bits per heavy atom. The smallest absolute Gasteiger partial charge is 0.0897 e. The maximum Gasteiger partial charge on any atom is 0.0897 e. The summed E-state index contributed by atoms with van der Waals surface area (Å²) in [6.45, 7) is 3.18. The van der Waals surface area contributed by atoms with Gasteiger partial charge in [0.15, 0.2) is 0 Å². The van der Waals surface area contributed by atoms with Crippen molar-refractivity contribution < 1.29 is 0 Å². The van der Waals surface area contributed by atoms with Crippen molar-refractivity contribution in [3.05, 3.63) is 16.1 Å². The van der Waals surface area contributed by atoms with Gasteiger partial charge >= 0.3 is 0 Å². The number of nitrogens with one attached hydrogen (secondary N) is 1. The number of rotatable bonds is 4. The van der Waals surface area contributed by atoms with Crippen LogP contribution < -0.4 is 5.32 Å². The van der Waals surface area contributed by atoms with Gasteiger partial charge in [-0.15, -0.1) is 11.3 Å². The molecule has 0 radical (unpaired) electrons. The highest BCUT2D eigenvalue weighted by Gasteiger charge is 2.09. The Kier molecular flexibility index (Phi) is 8.35. The zero-order valence-corrected chi connectivity index (χ0v) is 14.5. The van der Waals surface area contributed by atoms with E-state index in [1.807, 2.05) is 0 Å². The highest BCUT2D eigenvalue weighted by molar-refractivity contribution is 7.09. The first-order chi connectivity index (χ1) is 10.3. The van der Waals surface area contributed by atoms with Crippen molar-refractivity contribution in [2.24, 2.45) is 0 Å². The van der Waals surface area contributed by atoms with E-state index in [4.69, 9.17) is 0 Å². The van der Waals surface area contributed by atoms with Crippen LogP contribution in [-0.4, -0.2) is 17.6 Å². The molecular formula is C18H32N2S. The van der Waals surface area contributed by atoms with Gasteiger partial charge in [-0.3, -0.25) is 0 Å². The maximum absolute atomic E-state index is 4.56. The molecule has 1 aromatic heterocycles. The van der Waals surface area contributed by atoms with E-state index in [-0.39, 0.29) is 0 Å². The van der Waals surface area contributed by atoms with E-state index in [1.54, 1.807) is 11.3 Å². The van der Waals surface area contributed by atoms with E-state index in [0.717, 1.165) is 19.0 Å². The standard InChI is InChI=1S/C18H32N2S/c1-16-20-18(15-21-16)13-14-19-17-11-9-7-5-3-2-4-6-8-10-12-17/h15,17,19H,2-14H2,1H3. The molecule has 0 aromatic carbocycles. The van der Waals surface area contributed by atoms with Gasteiger partial charge in [0.05, 0.1) is 10.7 Å². The average molecular weight is 309 g/mol. The quantitative estimate of drug-likeness (QED) is 0.821. The second-order valence-corrected chi connectivity index (χ2v) is 7.58. The highest BCUT2D eigenvalue weighted by Crippen LogP contribution is 2.17. The molecule has 21 heavy (non-hydrogen) atoms. The summed E-state index contributed by atoms with van der Waals surface area (Å²) in [5.74, 6) is 0. The topological polar surface area (TPSA) is 24.9 Å². The average Bonchev–Trinajstić information content (AvgIpc) is 2.87. The van der Waals surface area contributed by atoms with Crippen molar-refractivity contribution in [3.63, 3.8) is 0 Å². The Morgan fingerprint density at radius 2 is 1.57 bits per heavy atom. The number of thiazole rings is 1. The SMILES string of the molecule is Cc1nc(CCNC2CCCCCCCCCCC2)cs1. The largest absolute Gasteiger partial charge is 0.314 e. The summed E-state index contributed by atoms with van der Waals surface area (Å²) >= 11 is 1.77. The van der Waals surface area contributed by atoms with Crippen molar-refractivity contribution in [1.29, 1.82) is 0 Å². The van der Waals surface area contributed by atoms with Crippen LogP contribution in [0.5, 0.6) is 0 Å². The van der Waals surface area contributed by atoms with Gasteiger partial charge in [-0.25, -0.2) is 4.98 Å². The maximum atomic E-state index is 4.56. The van der Waals surface area contributed by atoms with Crippen LogP contribution in [-0.2, 0) is 6.42 Å². The Morgan fingerprint density at radius 1 is 1.00 bits per heavy atom. The molecule has 0 atom stereocenters. The number of hydrogen-bond acceptors (Lipinski definition) is 3. The van der Waals surface area contributed by atoms with E-state index >= 15 is 0 Å². The molecule has 0 spiro atoms. The van der Waals surface area contributed by atoms with Gasteiger partial charge in [-0.05, 0) is 19.8 Å². The molecule has 1 N–H and O–H groups in total. The third-order valence-corrected chi connectivity index (χ3v) is 5.41. The van der Waals surface area contributed by atoms with Crippen molar-refractivity contribution >= 4 is 11.3 Å². The molecule has 0 aliphatic heterocycles. The Balaban J connectivity index is 1.67. The van der Waals surface area contributed by atoms with Gasteiger partial charge in [0.1, 0.15) is 0 Å². The van der Waals surface area contributed by atoms with E-state index in [9.17, 15) is 0 Å². The van der Waals surface area contributed by atoms with Gasteiger partial charge in [0.2, 0.25) is 0 Å². The number of aromatic nitrogens is 1. The van der Waals surface area contributed by atoms with Crippen molar-refractivity contribution in [2.45, 2.75) is 90.0 Å². The zero-order chi connectivity index (χ0) is 14.8. The lowest BCUT2D eigenvalue weighted by Gasteiger charge is -2.19. The summed E-state index contributed by atoms with van der Waals surface area (Å²) in [6, 6.07) is 0.740. The zero-order valence-electron chi connectivity index (χ0n) is 13.7. The predicted octanol–water partition coefficient (Wildman–Crippen LogP) is 5.26. The van der Waals surface area contributed by atoms with Crippen LogP contribution in [0.4, 0.5) is 0 Å². The molecule has 0 amide bonds. The summed E-state index contributed by atoms with van der Waals surface area (Å²) in [5, 5.41) is 7.19. The van der Waals surface area contributed by atoms with Crippen LogP contribution >= 0.6 is 11.3 Å². The van der Waals surface area contributed by atoms with Crippen LogP contribution in [0.15, 0.2) is 5.38 Å². The number of aryl methyl sites for hydroxylation is 1. The van der Waals surface area contributed by atoms with Gasteiger partial charge in [0.25, 0.3) is 0 Å². The normalized spacial score (nSPS) is 19.9. The van der Waals surface area contributed by atoms with E-state index in [0.29, 0.717) is 0 Å².